The number of hydrogen-bond donors (Lipinski definition) is 1. The summed E-state index contributed by atoms with van der Waals surface area (Å²) in [5.74, 6) is -1.54. The van der Waals surface area contributed by atoms with Gasteiger partial charge in [0.15, 0.2) is 0 Å². The number of amides is 1. The van der Waals surface area contributed by atoms with Crippen molar-refractivity contribution in [2.75, 3.05) is 5.32 Å². The fourth-order valence-corrected chi connectivity index (χ4v) is 1.69. The van der Waals surface area contributed by atoms with Crippen LogP contribution in [0, 0.1) is 25.5 Å². The van der Waals surface area contributed by atoms with Crippen LogP contribution in [0.1, 0.15) is 21.7 Å². The van der Waals surface area contributed by atoms with E-state index in [9.17, 15) is 13.6 Å². The topological polar surface area (TPSA) is 42.2 Å². The molecule has 1 heterocycles. The Bertz CT molecular complexity index is 586. The average Bonchev–Trinajstić information content (AvgIpc) is 2.62. The van der Waals surface area contributed by atoms with E-state index >= 15 is 0 Å². The van der Waals surface area contributed by atoms with E-state index in [0.29, 0.717) is 23.0 Å². The first-order valence-electron chi connectivity index (χ1n) is 5.30. The maximum atomic E-state index is 13.4. The zero-order chi connectivity index (χ0) is 13.3. The summed E-state index contributed by atoms with van der Waals surface area (Å²) in [5.41, 5.74) is 0.952. The third kappa shape index (κ3) is 2.25. The molecular weight excluding hydrogens is 240 g/mol. The van der Waals surface area contributed by atoms with Crippen molar-refractivity contribution in [3.63, 3.8) is 0 Å². The minimum absolute atomic E-state index is 0.0681. The number of aryl methyl sites for hydroxylation is 2. The highest BCUT2D eigenvalue weighted by Crippen LogP contribution is 2.20. The first kappa shape index (κ1) is 12.3. The van der Waals surface area contributed by atoms with Gasteiger partial charge in [-0.1, -0.05) is 0 Å². The molecule has 1 aromatic heterocycles. The number of benzene rings is 1. The summed E-state index contributed by atoms with van der Waals surface area (Å²) in [5, 5.41) is 2.38. The highest BCUT2D eigenvalue weighted by atomic mass is 19.1. The van der Waals surface area contributed by atoms with Crippen molar-refractivity contribution in [3.05, 3.63) is 53.0 Å². The maximum Gasteiger partial charge on any atom is 0.259 e. The van der Waals surface area contributed by atoms with E-state index in [2.05, 4.69) is 5.32 Å². The molecule has 5 heteroatoms. The standard InChI is InChI=1S/C13H11F2NO2/c1-7-6-18-8(2)12(7)13(17)16-11-4-3-9(14)5-10(11)15/h3-6H,1-2H3,(H,16,17). The van der Waals surface area contributed by atoms with Crippen LogP contribution >= 0.6 is 0 Å². The fraction of sp³-hybridized carbons (Fsp3) is 0.154. The Morgan fingerprint density at radius 1 is 1.28 bits per heavy atom. The number of furan rings is 1. The lowest BCUT2D eigenvalue weighted by Crippen LogP contribution is -2.14. The molecule has 1 amide bonds. The first-order chi connectivity index (χ1) is 8.49. The summed E-state index contributed by atoms with van der Waals surface area (Å²) in [6.07, 6.45) is 1.45. The summed E-state index contributed by atoms with van der Waals surface area (Å²) < 4.78 is 31.2. The van der Waals surface area contributed by atoms with Gasteiger partial charge in [0.25, 0.3) is 5.91 Å². The zero-order valence-corrected chi connectivity index (χ0v) is 9.88. The van der Waals surface area contributed by atoms with Gasteiger partial charge in [-0.15, -0.1) is 0 Å². The number of carbonyl (C=O) groups excluding carboxylic acids is 1. The second kappa shape index (κ2) is 4.60. The van der Waals surface area contributed by atoms with Gasteiger partial charge in [-0.05, 0) is 26.0 Å². The minimum Gasteiger partial charge on any atom is -0.469 e. The van der Waals surface area contributed by atoms with Crippen molar-refractivity contribution in [1.29, 1.82) is 0 Å². The molecule has 0 fully saturated rings. The van der Waals surface area contributed by atoms with Gasteiger partial charge < -0.3 is 9.73 Å². The first-order valence-corrected chi connectivity index (χ1v) is 5.30. The summed E-state index contributed by atoms with van der Waals surface area (Å²) in [4.78, 5) is 11.9. The molecule has 3 nitrogen and oxygen atoms in total. The number of hydrogen-bond acceptors (Lipinski definition) is 2. The number of rotatable bonds is 2. The van der Waals surface area contributed by atoms with Crippen LogP contribution in [0.3, 0.4) is 0 Å². The maximum absolute atomic E-state index is 13.4. The molecule has 0 aliphatic rings. The Hall–Kier alpha value is -2.17. The van der Waals surface area contributed by atoms with Gasteiger partial charge in [0.1, 0.15) is 17.4 Å². The van der Waals surface area contributed by atoms with Crippen LogP contribution in [0.15, 0.2) is 28.9 Å². The predicted molar refractivity (Wildman–Crippen MR) is 62.5 cm³/mol. The lowest BCUT2D eigenvalue weighted by Gasteiger charge is -2.06. The Labute approximate surface area is 102 Å². The molecule has 0 saturated carbocycles. The van der Waals surface area contributed by atoms with E-state index in [4.69, 9.17) is 4.42 Å². The molecule has 0 bridgehead atoms. The molecule has 2 aromatic rings. The highest BCUT2D eigenvalue weighted by Gasteiger charge is 2.17. The van der Waals surface area contributed by atoms with Crippen LogP contribution in [0.2, 0.25) is 0 Å². The van der Waals surface area contributed by atoms with Gasteiger partial charge in [-0.3, -0.25) is 4.79 Å². The number of halogens is 2. The molecule has 0 unspecified atom stereocenters. The van der Waals surface area contributed by atoms with Crippen molar-refractivity contribution in [1.82, 2.24) is 0 Å². The molecule has 1 N–H and O–H groups in total. The van der Waals surface area contributed by atoms with Gasteiger partial charge in [0.05, 0.1) is 17.5 Å². The van der Waals surface area contributed by atoms with E-state index in [1.807, 2.05) is 0 Å². The van der Waals surface area contributed by atoms with Crippen molar-refractivity contribution in [3.8, 4) is 0 Å². The molecule has 1 aromatic carbocycles. The van der Waals surface area contributed by atoms with E-state index < -0.39 is 17.5 Å². The Kier molecular flexibility index (Phi) is 3.14. The largest absolute Gasteiger partial charge is 0.469 e. The summed E-state index contributed by atoms with van der Waals surface area (Å²) in [7, 11) is 0. The van der Waals surface area contributed by atoms with Gasteiger partial charge >= 0.3 is 0 Å². The molecule has 0 aliphatic carbocycles. The number of carbonyl (C=O) groups is 1. The highest BCUT2D eigenvalue weighted by molar-refractivity contribution is 6.05. The Balaban J connectivity index is 2.27. The normalized spacial score (nSPS) is 10.4. The molecule has 0 saturated heterocycles. The zero-order valence-electron chi connectivity index (χ0n) is 9.88. The molecule has 0 atom stereocenters. The van der Waals surface area contributed by atoms with Crippen molar-refractivity contribution in [2.24, 2.45) is 0 Å². The molecule has 0 aliphatic heterocycles. The lowest BCUT2D eigenvalue weighted by atomic mass is 10.1. The van der Waals surface area contributed by atoms with E-state index in [1.165, 1.54) is 12.3 Å². The van der Waals surface area contributed by atoms with E-state index in [-0.39, 0.29) is 5.69 Å². The molecule has 2 rings (SSSR count). The predicted octanol–water partition coefficient (Wildman–Crippen LogP) is 3.43. The summed E-state index contributed by atoms with van der Waals surface area (Å²) >= 11 is 0. The number of nitrogens with one attached hydrogen (secondary N) is 1. The fourth-order valence-electron chi connectivity index (χ4n) is 1.69. The van der Waals surface area contributed by atoms with Crippen LogP contribution in [-0.4, -0.2) is 5.91 Å². The van der Waals surface area contributed by atoms with Crippen LogP contribution in [0.5, 0.6) is 0 Å². The average molecular weight is 251 g/mol. The lowest BCUT2D eigenvalue weighted by molar-refractivity contribution is 0.102. The third-order valence-corrected chi connectivity index (χ3v) is 2.57. The van der Waals surface area contributed by atoms with Crippen LogP contribution in [0.25, 0.3) is 0 Å². The molecule has 0 radical (unpaired) electrons. The Morgan fingerprint density at radius 3 is 2.56 bits per heavy atom. The smallest absolute Gasteiger partial charge is 0.259 e. The monoisotopic (exact) mass is 251 g/mol. The van der Waals surface area contributed by atoms with Crippen molar-refractivity contribution in [2.45, 2.75) is 13.8 Å². The quantitative estimate of drug-likeness (QED) is 0.888. The van der Waals surface area contributed by atoms with Gasteiger partial charge in [0.2, 0.25) is 0 Å². The van der Waals surface area contributed by atoms with Crippen LogP contribution < -0.4 is 5.32 Å². The van der Waals surface area contributed by atoms with Gasteiger partial charge in [-0.2, -0.15) is 0 Å². The second-order valence-electron chi connectivity index (χ2n) is 3.93. The van der Waals surface area contributed by atoms with E-state index in [0.717, 1.165) is 6.07 Å². The Morgan fingerprint density at radius 2 is 2.00 bits per heavy atom. The van der Waals surface area contributed by atoms with E-state index in [1.54, 1.807) is 13.8 Å². The second-order valence-corrected chi connectivity index (χ2v) is 3.93. The van der Waals surface area contributed by atoms with Crippen molar-refractivity contribution < 1.29 is 18.0 Å². The summed E-state index contributed by atoms with van der Waals surface area (Å²) in [6, 6.07) is 2.96. The number of anilines is 1. The molecule has 0 spiro atoms. The van der Waals surface area contributed by atoms with Crippen LogP contribution in [-0.2, 0) is 0 Å². The third-order valence-electron chi connectivity index (χ3n) is 2.57. The van der Waals surface area contributed by atoms with Gasteiger partial charge in [0, 0.05) is 11.6 Å². The molecule has 18 heavy (non-hydrogen) atoms. The molecule has 94 valence electrons. The van der Waals surface area contributed by atoms with Crippen LogP contribution in [0.4, 0.5) is 14.5 Å². The molecular formula is C13H11F2NO2. The van der Waals surface area contributed by atoms with Gasteiger partial charge in [-0.25, -0.2) is 8.78 Å². The van der Waals surface area contributed by atoms with Crippen molar-refractivity contribution >= 4 is 11.6 Å². The minimum atomic E-state index is -0.817. The summed E-state index contributed by atoms with van der Waals surface area (Å²) in [6.45, 7) is 3.36. The SMILES string of the molecule is Cc1coc(C)c1C(=O)Nc1ccc(F)cc1F.